The summed E-state index contributed by atoms with van der Waals surface area (Å²) in [6.07, 6.45) is 4.36. The molecule has 0 saturated carbocycles. The minimum absolute atomic E-state index is 0.00776. The largest absolute Gasteiger partial charge is 0.396 e. The van der Waals surface area contributed by atoms with Gasteiger partial charge in [0.25, 0.3) is 5.91 Å². The Morgan fingerprint density at radius 2 is 1.77 bits per heavy atom. The summed E-state index contributed by atoms with van der Waals surface area (Å²) in [5, 5.41) is 7.93. The highest BCUT2D eigenvalue weighted by Crippen LogP contribution is 2.37. The van der Waals surface area contributed by atoms with Crippen molar-refractivity contribution in [1.29, 1.82) is 0 Å². The van der Waals surface area contributed by atoms with Gasteiger partial charge in [-0.1, -0.05) is 38.8 Å². The van der Waals surface area contributed by atoms with Crippen molar-refractivity contribution < 1.29 is 4.79 Å². The number of benzene rings is 1. The predicted molar refractivity (Wildman–Crippen MR) is 125 cm³/mol. The van der Waals surface area contributed by atoms with Crippen LogP contribution >= 0.6 is 0 Å². The predicted octanol–water partition coefficient (Wildman–Crippen LogP) is 4.07. The molecule has 3 heterocycles. The van der Waals surface area contributed by atoms with Crippen LogP contribution < -0.4 is 17.2 Å². The number of H-pyrrole nitrogens is 1. The van der Waals surface area contributed by atoms with Gasteiger partial charge in [-0.15, -0.1) is 0 Å². The summed E-state index contributed by atoms with van der Waals surface area (Å²) in [4.78, 5) is 20.6. The van der Waals surface area contributed by atoms with Crippen molar-refractivity contribution in [2.45, 2.75) is 33.6 Å². The summed E-state index contributed by atoms with van der Waals surface area (Å²) in [5.41, 5.74) is 22.1. The first kappa shape index (κ1) is 21.8. The van der Waals surface area contributed by atoms with Crippen molar-refractivity contribution in [3.63, 3.8) is 0 Å². The Hall–Kier alpha value is -3.94. The van der Waals surface area contributed by atoms with E-state index in [1.54, 1.807) is 30.5 Å². The lowest BCUT2D eigenvalue weighted by Crippen LogP contribution is -2.17. The Morgan fingerprint density at radius 3 is 2.42 bits per heavy atom. The molecule has 0 fully saturated rings. The number of nitrogen functional groups attached to an aromatic ring is 2. The monoisotopic (exact) mass is 417 g/mol. The molecule has 0 aliphatic heterocycles. The molecule has 1 amide bonds. The molecular weight excluding hydrogens is 390 g/mol. The van der Waals surface area contributed by atoms with Gasteiger partial charge in [0.1, 0.15) is 5.82 Å². The first-order valence-corrected chi connectivity index (χ1v) is 10.1. The van der Waals surface area contributed by atoms with Crippen LogP contribution in [0.25, 0.3) is 33.4 Å². The van der Waals surface area contributed by atoms with Crippen LogP contribution in [0.2, 0.25) is 0 Å². The van der Waals surface area contributed by atoms with E-state index in [0.29, 0.717) is 22.8 Å². The molecule has 0 bridgehead atoms. The minimum atomic E-state index is -0.712. The van der Waals surface area contributed by atoms with Crippen LogP contribution in [0.5, 0.6) is 0 Å². The third-order valence-corrected chi connectivity index (χ3v) is 4.93. The van der Waals surface area contributed by atoms with Crippen molar-refractivity contribution >= 4 is 28.3 Å². The Balaban J connectivity index is 0.000000628. The van der Waals surface area contributed by atoms with Gasteiger partial charge in [0.15, 0.2) is 5.69 Å². The SMILES string of the molecule is CCCC.Cc1ccc2[nH]ncc2c1-c1cc(-c2cccc(N)n2)nc(C(N)=O)c1N. The number of pyridine rings is 2. The maximum atomic E-state index is 12.0. The number of nitrogens with one attached hydrogen (secondary N) is 1. The molecule has 0 atom stereocenters. The summed E-state index contributed by atoms with van der Waals surface area (Å²) in [6, 6.07) is 10.9. The second-order valence-corrected chi connectivity index (χ2v) is 7.22. The number of unbranched alkanes of at least 4 members (excludes halogenated alkanes) is 1. The van der Waals surface area contributed by atoms with Crippen LogP contribution in [0.3, 0.4) is 0 Å². The first-order valence-electron chi connectivity index (χ1n) is 10.1. The number of carbonyl (C=O) groups is 1. The fourth-order valence-corrected chi connectivity index (χ4v) is 3.16. The fraction of sp³-hybridized carbons (Fsp3) is 0.217. The number of fused-ring (bicyclic) bond motifs is 1. The summed E-state index contributed by atoms with van der Waals surface area (Å²) >= 11 is 0. The molecule has 0 spiro atoms. The van der Waals surface area contributed by atoms with Crippen molar-refractivity contribution in [3.05, 3.63) is 53.9 Å². The van der Waals surface area contributed by atoms with Gasteiger partial charge in [-0.05, 0) is 42.3 Å². The van der Waals surface area contributed by atoms with Gasteiger partial charge in [-0.3, -0.25) is 9.89 Å². The lowest BCUT2D eigenvalue weighted by molar-refractivity contribution is 0.0996. The van der Waals surface area contributed by atoms with Gasteiger partial charge in [0.2, 0.25) is 0 Å². The van der Waals surface area contributed by atoms with E-state index in [9.17, 15) is 4.79 Å². The summed E-state index contributed by atoms with van der Waals surface area (Å²) in [6.45, 7) is 6.32. The van der Waals surface area contributed by atoms with E-state index in [0.717, 1.165) is 22.0 Å². The quantitative estimate of drug-likeness (QED) is 0.393. The molecule has 8 heteroatoms. The van der Waals surface area contributed by atoms with Crippen LogP contribution in [0.1, 0.15) is 42.7 Å². The number of primary amides is 1. The van der Waals surface area contributed by atoms with Crippen LogP contribution in [0.4, 0.5) is 11.5 Å². The highest BCUT2D eigenvalue weighted by molar-refractivity contribution is 6.05. The zero-order valence-corrected chi connectivity index (χ0v) is 17.9. The Bertz CT molecular complexity index is 1230. The number of hydrogen-bond acceptors (Lipinski definition) is 6. The molecule has 0 aliphatic carbocycles. The number of carbonyl (C=O) groups excluding carboxylic acids is 1. The molecule has 0 saturated heterocycles. The molecule has 0 unspecified atom stereocenters. The molecule has 0 aliphatic rings. The fourth-order valence-electron chi connectivity index (χ4n) is 3.16. The maximum Gasteiger partial charge on any atom is 0.269 e. The van der Waals surface area contributed by atoms with Gasteiger partial charge in [-0.25, -0.2) is 9.97 Å². The van der Waals surface area contributed by atoms with Gasteiger partial charge >= 0.3 is 0 Å². The van der Waals surface area contributed by atoms with Crippen molar-refractivity contribution in [2.24, 2.45) is 5.73 Å². The van der Waals surface area contributed by atoms with Crippen molar-refractivity contribution in [1.82, 2.24) is 20.2 Å². The average molecular weight is 418 g/mol. The second-order valence-electron chi connectivity index (χ2n) is 7.22. The lowest BCUT2D eigenvalue weighted by atomic mass is 9.94. The van der Waals surface area contributed by atoms with E-state index in [-0.39, 0.29) is 11.4 Å². The van der Waals surface area contributed by atoms with Crippen LogP contribution in [0, 0.1) is 6.92 Å². The standard InChI is InChI=1S/C19H17N7O.C4H10/c1-9-5-6-12-11(8-23-26-12)16(9)10-7-14(13-3-2-4-15(20)24-13)25-18(17(10)21)19(22)27;1-3-4-2/h2-8H,21H2,1H3,(H2,20,24)(H2,22,27)(H,23,26);3-4H2,1-2H3. The Labute approximate surface area is 180 Å². The molecule has 160 valence electrons. The number of hydrogen-bond donors (Lipinski definition) is 4. The average Bonchev–Trinajstić information content (AvgIpc) is 3.23. The maximum absolute atomic E-state index is 12.0. The normalized spacial score (nSPS) is 10.5. The molecule has 3 aromatic heterocycles. The number of aryl methyl sites for hydroxylation is 1. The van der Waals surface area contributed by atoms with E-state index in [2.05, 4.69) is 34.0 Å². The van der Waals surface area contributed by atoms with Gasteiger partial charge in [0, 0.05) is 10.9 Å². The minimum Gasteiger partial charge on any atom is -0.396 e. The lowest BCUT2D eigenvalue weighted by Gasteiger charge is -2.14. The highest BCUT2D eigenvalue weighted by atomic mass is 16.1. The van der Waals surface area contributed by atoms with Crippen LogP contribution in [0.15, 0.2) is 42.6 Å². The van der Waals surface area contributed by atoms with E-state index < -0.39 is 5.91 Å². The summed E-state index contributed by atoms with van der Waals surface area (Å²) < 4.78 is 0. The molecule has 4 aromatic rings. The second kappa shape index (κ2) is 9.25. The summed E-state index contributed by atoms with van der Waals surface area (Å²) in [7, 11) is 0. The number of aromatic nitrogens is 4. The van der Waals surface area contributed by atoms with Gasteiger partial charge < -0.3 is 17.2 Å². The molecule has 7 N–H and O–H groups in total. The van der Waals surface area contributed by atoms with E-state index >= 15 is 0 Å². The number of rotatable bonds is 4. The smallest absolute Gasteiger partial charge is 0.269 e. The van der Waals surface area contributed by atoms with E-state index in [1.807, 2.05) is 19.1 Å². The molecule has 0 radical (unpaired) electrons. The van der Waals surface area contributed by atoms with Gasteiger partial charge in [-0.2, -0.15) is 5.10 Å². The van der Waals surface area contributed by atoms with Crippen molar-refractivity contribution in [3.8, 4) is 22.5 Å². The Kier molecular flexibility index (Phi) is 6.49. The molecular formula is C23H27N7O. The zero-order chi connectivity index (χ0) is 22.5. The first-order chi connectivity index (χ1) is 14.9. The van der Waals surface area contributed by atoms with Crippen LogP contribution in [-0.2, 0) is 0 Å². The van der Waals surface area contributed by atoms with Crippen molar-refractivity contribution in [2.75, 3.05) is 11.5 Å². The van der Waals surface area contributed by atoms with E-state index in [1.165, 1.54) is 12.8 Å². The van der Waals surface area contributed by atoms with E-state index in [4.69, 9.17) is 17.2 Å². The third kappa shape index (κ3) is 4.48. The zero-order valence-electron chi connectivity index (χ0n) is 17.9. The Morgan fingerprint density at radius 1 is 1.03 bits per heavy atom. The molecule has 1 aromatic carbocycles. The number of anilines is 2. The molecule has 31 heavy (non-hydrogen) atoms. The number of nitrogens with zero attached hydrogens (tertiary/aromatic N) is 3. The molecule has 8 nitrogen and oxygen atoms in total. The third-order valence-electron chi connectivity index (χ3n) is 4.93. The number of amides is 1. The topological polar surface area (TPSA) is 150 Å². The highest BCUT2D eigenvalue weighted by Gasteiger charge is 2.20. The molecule has 4 rings (SSSR count). The summed E-state index contributed by atoms with van der Waals surface area (Å²) in [5.74, 6) is -0.363. The van der Waals surface area contributed by atoms with Gasteiger partial charge in [0.05, 0.1) is 28.8 Å². The number of aromatic amines is 1. The number of nitrogens with two attached hydrogens (primary N) is 3. The van der Waals surface area contributed by atoms with Crippen LogP contribution in [-0.4, -0.2) is 26.1 Å².